The van der Waals surface area contributed by atoms with Crippen molar-refractivity contribution in [1.29, 1.82) is 0 Å². The smallest absolute Gasteiger partial charge is 0.414 e. The Balaban J connectivity index is 2.58. The number of nitrogens with two attached hydrogens (primary N) is 1. The van der Waals surface area contributed by atoms with E-state index in [0.29, 0.717) is 10.5 Å². The molecule has 1 unspecified atom stereocenters. The molecule has 0 spiro atoms. The summed E-state index contributed by atoms with van der Waals surface area (Å²) in [4.78, 5) is 41.0. The van der Waals surface area contributed by atoms with Crippen molar-refractivity contribution < 1.29 is 24.6 Å². The van der Waals surface area contributed by atoms with Gasteiger partial charge in [0.2, 0.25) is 5.91 Å². The summed E-state index contributed by atoms with van der Waals surface area (Å²) < 4.78 is 0. The lowest BCUT2D eigenvalue weighted by molar-refractivity contribution is -0.119. The Hall–Kier alpha value is -3.36. The van der Waals surface area contributed by atoms with Gasteiger partial charge in [0, 0.05) is 0 Å². The third kappa shape index (κ3) is 2.73. The molecule has 2 aromatic rings. The Morgan fingerprint density at radius 1 is 1.18 bits per heavy atom. The number of hydrogen-bond donors (Lipinski definition) is 4. The number of nitrogens with one attached hydrogen (secondary N) is 1. The summed E-state index contributed by atoms with van der Waals surface area (Å²) in [7, 11) is 0. The van der Waals surface area contributed by atoms with Crippen LogP contribution in [0.3, 0.4) is 0 Å². The monoisotopic (exact) mass is 304 g/mol. The second-order valence-corrected chi connectivity index (χ2v) is 4.27. The van der Waals surface area contributed by atoms with Crippen LogP contribution in [-0.2, 0) is 4.79 Å². The Labute approximate surface area is 124 Å². The van der Waals surface area contributed by atoms with Crippen molar-refractivity contribution in [2.45, 2.75) is 6.04 Å². The average Bonchev–Trinajstić information content (AvgIpc) is 2.93. The van der Waals surface area contributed by atoms with Gasteiger partial charge in [0.05, 0.1) is 6.33 Å². The quantitative estimate of drug-likeness (QED) is 0.642. The number of anilines is 1. The number of primary amides is 1. The van der Waals surface area contributed by atoms with Gasteiger partial charge in [0.25, 0.3) is 0 Å². The molecular weight excluding hydrogens is 292 g/mol. The molecule has 2 amide bonds. The maximum absolute atomic E-state index is 11.8. The molecule has 0 aliphatic rings. The summed E-state index contributed by atoms with van der Waals surface area (Å²) in [5.41, 5.74) is 5.16. The number of carboxylic acid groups (broad SMARTS) is 2. The van der Waals surface area contributed by atoms with Gasteiger partial charge < -0.3 is 20.9 Å². The van der Waals surface area contributed by atoms with Gasteiger partial charge in [0.1, 0.15) is 6.04 Å². The maximum atomic E-state index is 11.8. The highest BCUT2D eigenvalue weighted by atomic mass is 16.4. The molecule has 2 rings (SSSR count). The van der Waals surface area contributed by atoms with Crippen LogP contribution in [0.25, 0.3) is 0 Å². The maximum Gasteiger partial charge on any atom is 0.414 e. The molecular formula is C13H12N4O5. The number of nitrogens with zero attached hydrogens (tertiary/aromatic N) is 2. The first-order valence-corrected chi connectivity index (χ1v) is 6.06. The molecule has 22 heavy (non-hydrogen) atoms. The van der Waals surface area contributed by atoms with Gasteiger partial charge in [-0.05, 0) is 5.56 Å². The molecule has 5 N–H and O–H groups in total. The topological polar surface area (TPSA) is 150 Å². The zero-order chi connectivity index (χ0) is 16.3. The highest BCUT2D eigenvalue weighted by Crippen LogP contribution is 2.28. The van der Waals surface area contributed by atoms with E-state index < -0.39 is 35.5 Å². The van der Waals surface area contributed by atoms with E-state index in [1.165, 1.54) is 12.1 Å². The summed E-state index contributed by atoms with van der Waals surface area (Å²) in [6.07, 6.45) is -0.528. The Morgan fingerprint density at radius 2 is 1.82 bits per heavy atom. The van der Waals surface area contributed by atoms with Gasteiger partial charge in [-0.2, -0.15) is 0 Å². The van der Waals surface area contributed by atoms with Crippen LogP contribution in [0.15, 0.2) is 36.7 Å². The van der Waals surface area contributed by atoms with Crippen LogP contribution in [0, 0.1) is 0 Å². The van der Waals surface area contributed by atoms with Gasteiger partial charge in [-0.25, -0.2) is 19.5 Å². The van der Waals surface area contributed by atoms with Crippen LogP contribution in [0.2, 0.25) is 0 Å². The van der Waals surface area contributed by atoms with Gasteiger partial charge in [-0.1, -0.05) is 30.3 Å². The third-order valence-electron chi connectivity index (χ3n) is 2.91. The molecule has 1 heterocycles. The number of H-pyrrole nitrogens is 1. The number of hydrogen-bond acceptors (Lipinski definition) is 4. The predicted molar refractivity (Wildman–Crippen MR) is 74.4 cm³/mol. The van der Waals surface area contributed by atoms with Gasteiger partial charge >= 0.3 is 12.1 Å². The number of carbonyl (C=O) groups is 3. The van der Waals surface area contributed by atoms with Gasteiger partial charge in [0.15, 0.2) is 11.5 Å². The van der Waals surface area contributed by atoms with Crippen molar-refractivity contribution in [3.8, 4) is 0 Å². The van der Waals surface area contributed by atoms with Crippen molar-refractivity contribution in [2.24, 2.45) is 5.73 Å². The van der Waals surface area contributed by atoms with E-state index in [4.69, 9.17) is 10.8 Å². The van der Waals surface area contributed by atoms with Crippen molar-refractivity contribution in [1.82, 2.24) is 9.97 Å². The van der Waals surface area contributed by atoms with Crippen LogP contribution in [0.4, 0.5) is 10.6 Å². The SMILES string of the molecule is NC(=O)C(c1ccccc1)N(C(=O)O)c1nc[nH]c1C(=O)O. The fourth-order valence-corrected chi connectivity index (χ4v) is 2.03. The minimum absolute atomic E-state index is 0.303. The van der Waals surface area contributed by atoms with Crippen LogP contribution >= 0.6 is 0 Å². The van der Waals surface area contributed by atoms with Gasteiger partial charge in [-0.3, -0.25) is 4.79 Å². The highest BCUT2D eigenvalue weighted by molar-refractivity contribution is 6.01. The van der Waals surface area contributed by atoms with E-state index >= 15 is 0 Å². The molecule has 0 aliphatic carbocycles. The average molecular weight is 304 g/mol. The highest BCUT2D eigenvalue weighted by Gasteiger charge is 2.35. The predicted octanol–water partition coefficient (Wildman–Crippen LogP) is 0.819. The van der Waals surface area contributed by atoms with E-state index in [0.717, 1.165) is 6.33 Å². The lowest BCUT2D eigenvalue weighted by atomic mass is 10.0. The number of rotatable bonds is 5. The van der Waals surface area contributed by atoms with Crippen LogP contribution < -0.4 is 10.6 Å². The lowest BCUT2D eigenvalue weighted by Gasteiger charge is -2.25. The first-order valence-electron chi connectivity index (χ1n) is 6.06. The fraction of sp³-hybridized carbons (Fsp3) is 0.0769. The second-order valence-electron chi connectivity index (χ2n) is 4.27. The Morgan fingerprint density at radius 3 is 2.32 bits per heavy atom. The molecule has 9 heteroatoms. The number of carboxylic acids is 1. The van der Waals surface area contributed by atoms with Crippen LogP contribution in [-0.4, -0.2) is 38.2 Å². The van der Waals surface area contributed by atoms with E-state index in [2.05, 4.69) is 9.97 Å². The molecule has 1 aromatic heterocycles. The van der Waals surface area contributed by atoms with E-state index in [9.17, 15) is 19.5 Å². The Kier molecular flexibility index (Phi) is 4.07. The van der Waals surface area contributed by atoms with Gasteiger partial charge in [-0.15, -0.1) is 0 Å². The van der Waals surface area contributed by atoms with Crippen molar-refractivity contribution in [2.75, 3.05) is 4.90 Å². The molecule has 0 bridgehead atoms. The molecule has 114 valence electrons. The van der Waals surface area contributed by atoms with Crippen LogP contribution in [0.1, 0.15) is 22.1 Å². The summed E-state index contributed by atoms with van der Waals surface area (Å²) in [6.45, 7) is 0. The number of aromatic nitrogens is 2. The van der Waals surface area contributed by atoms with Crippen molar-refractivity contribution in [3.63, 3.8) is 0 Å². The number of imidazole rings is 1. The Bertz CT molecular complexity index is 712. The summed E-state index contributed by atoms with van der Waals surface area (Å²) >= 11 is 0. The molecule has 0 saturated heterocycles. The second kappa shape index (κ2) is 5.95. The number of aromatic carboxylic acids is 1. The molecule has 0 fully saturated rings. The third-order valence-corrected chi connectivity index (χ3v) is 2.91. The summed E-state index contributed by atoms with van der Waals surface area (Å²) in [5.74, 6) is -2.77. The molecule has 1 atom stereocenters. The largest absolute Gasteiger partial charge is 0.476 e. The van der Waals surface area contributed by atoms with Crippen molar-refractivity contribution in [3.05, 3.63) is 47.9 Å². The molecule has 0 radical (unpaired) electrons. The van der Waals surface area contributed by atoms with Crippen molar-refractivity contribution >= 4 is 23.8 Å². The minimum Gasteiger partial charge on any atom is -0.476 e. The lowest BCUT2D eigenvalue weighted by Crippen LogP contribution is -2.42. The molecule has 0 saturated carbocycles. The molecule has 1 aromatic carbocycles. The van der Waals surface area contributed by atoms with E-state index in [1.807, 2.05) is 0 Å². The standard InChI is InChI=1S/C13H12N4O5/c14-10(18)9(7-4-2-1-3-5-7)17(13(21)22)11-8(12(19)20)15-6-16-11/h1-6,9H,(H2,14,18)(H,15,16)(H,19,20)(H,21,22). The molecule has 0 aliphatic heterocycles. The van der Waals surface area contributed by atoms with Crippen LogP contribution in [0.5, 0.6) is 0 Å². The molecule has 9 nitrogen and oxygen atoms in total. The number of aromatic amines is 1. The number of benzene rings is 1. The normalized spacial score (nSPS) is 11.6. The first kappa shape index (κ1) is 15.0. The fourth-order valence-electron chi connectivity index (χ4n) is 2.03. The summed E-state index contributed by atoms with van der Waals surface area (Å²) in [5, 5.41) is 18.5. The summed E-state index contributed by atoms with van der Waals surface area (Å²) in [6, 6.07) is 6.52. The number of carbonyl (C=O) groups excluding carboxylic acids is 1. The first-order chi connectivity index (χ1) is 10.4. The number of amides is 2. The van der Waals surface area contributed by atoms with E-state index in [-0.39, 0.29) is 0 Å². The minimum atomic E-state index is -1.55. The zero-order valence-corrected chi connectivity index (χ0v) is 11.1. The van der Waals surface area contributed by atoms with E-state index in [1.54, 1.807) is 18.2 Å². The zero-order valence-electron chi connectivity index (χ0n) is 11.1.